The Morgan fingerprint density at radius 2 is 1.61 bits per heavy atom. The topological polar surface area (TPSA) is 80.7 Å². The number of para-hydroxylation sites is 1. The number of carbonyl (C=O) groups is 1. The Bertz CT molecular complexity index is 1090. The van der Waals surface area contributed by atoms with E-state index in [2.05, 4.69) is 0 Å². The van der Waals surface area contributed by atoms with Crippen molar-refractivity contribution >= 4 is 15.9 Å². The number of aromatic hydroxyl groups is 1. The number of Topliss-reactive ketones (excluding diaryl/α,β-unsaturated/α-hetero) is 1. The average Bonchev–Trinajstić information content (AvgIpc) is 2.69. The van der Waals surface area contributed by atoms with Gasteiger partial charge in [0.25, 0.3) is 10.1 Å². The number of aryl methyl sites for hydroxylation is 1. The lowest BCUT2D eigenvalue weighted by atomic mass is 10.00. The Labute approximate surface area is 164 Å². The van der Waals surface area contributed by atoms with Crippen molar-refractivity contribution in [2.75, 3.05) is 6.61 Å². The van der Waals surface area contributed by atoms with E-state index in [1.165, 1.54) is 12.1 Å². The van der Waals surface area contributed by atoms with Gasteiger partial charge in [-0.15, -0.1) is 0 Å². The summed E-state index contributed by atoms with van der Waals surface area (Å²) in [7, 11) is -4.12. The van der Waals surface area contributed by atoms with Gasteiger partial charge in [-0.05, 0) is 24.6 Å². The van der Waals surface area contributed by atoms with Crippen molar-refractivity contribution in [3.05, 3.63) is 83.9 Å². The molecule has 0 saturated heterocycles. The molecule has 0 bridgehead atoms. The molecule has 5 nitrogen and oxygen atoms in total. The van der Waals surface area contributed by atoms with Gasteiger partial charge >= 0.3 is 0 Å². The van der Waals surface area contributed by atoms with Crippen LogP contribution in [-0.2, 0) is 14.3 Å². The van der Waals surface area contributed by atoms with E-state index in [1.54, 1.807) is 67.6 Å². The molecule has 3 aromatic carbocycles. The molecule has 0 unspecified atom stereocenters. The molecule has 3 aromatic rings. The first-order chi connectivity index (χ1) is 13.4. The molecule has 0 aliphatic carbocycles. The number of carbonyl (C=O) groups excluding carboxylic acids is 1. The standard InChI is InChI=1S/C22H20O5S/c1-16-8-7-13-21(22(16)18-11-5-6-12-20(18)24)28(25,26)27-15-14-19(23)17-9-3-2-4-10-17/h2-13,24H,14-15H2,1H3. The minimum atomic E-state index is -4.12. The first kappa shape index (κ1) is 19.8. The van der Waals surface area contributed by atoms with Crippen molar-refractivity contribution in [3.63, 3.8) is 0 Å². The highest BCUT2D eigenvalue weighted by molar-refractivity contribution is 7.87. The third-order valence-corrected chi connectivity index (χ3v) is 5.70. The average molecular weight is 396 g/mol. The highest BCUT2D eigenvalue weighted by Crippen LogP contribution is 2.36. The largest absolute Gasteiger partial charge is 0.507 e. The number of hydrogen-bond acceptors (Lipinski definition) is 5. The highest BCUT2D eigenvalue weighted by atomic mass is 32.2. The van der Waals surface area contributed by atoms with Crippen LogP contribution in [0.2, 0.25) is 0 Å². The number of hydrogen-bond donors (Lipinski definition) is 1. The SMILES string of the molecule is Cc1cccc(S(=O)(=O)OCCC(=O)c2ccccc2)c1-c1ccccc1O. The Morgan fingerprint density at radius 1 is 0.929 bits per heavy atom. The van der Waals surface area contributed by atoms with Crippen molar-refractivity contribution in [2.45, 2.75) is 18.2 Å². The molecular weight excluding hydrogens is 376 g/mol. The van der Waals surface area contributed by atoms with E-state index in [0.29, 0.717) is 22.3 Å². The number of phenolic OH excluding ortho intramolecular Hbond substituents is 1. The van der Waals surface area contributed by atoms with Crippen LogP contribution in [0.15, 0.2) is 77.7 Å². The molecule has 0 atom stereocenters. The Kier molecular flexibility index (Phi) is 5.92. The summed E-state index contributed by atoms with van der Waals surface area (Å²) in [4.78, 5) is 12.1. The van der Waals surface area contributed by atoms with Crippen molar-refractivity contribution in [1.29, 1.82) is 0 Å². The smallest absolute Gasteiger partial charge is 0.297 e. The lowest BCUT2D eigenvalue weighted by Crippen LogP contribution is -2.12. The molecule has 0 aromatic heterocycles. The fraction of sp³-hybridized carbons (Fsp3) is 0.136. The summed E-state index contributed by atoms with van der Waals surface area (Å²) >= 11 is 0. The van der Waals surface area contributed by atoms with Gasteiger partial charge in [0.15, 0.2) is 5.78 Å². The summed E-state index contributed by atoms with van der Waals surface area (Å²) in [6, 6.07) is 20.0. The van der Waals surface area contributed by atoms with Gasteiger partial charge in [-0.3, -0.25) is 8.98 Å². The van der Waals surface area contributed by atoms with Crippen LogP contribution in [0.1, 0.15) is 22.3 Å². The zero-order chi connectivity index (χ0) is 20.1. The normalized spacial score (nSPS) is 11.3. The molecule has 144 valence electrons. The Morgan fingerprint density at radius 3 is 2.32 bits per heavy atom. The minimum absolute atomic E-state index is 0.0208. The molecule has 0 spiro atoms. The van der Waals surface area contributed by atoms with E-state index >= 15 is 0 Å². The molecule has 0 aliphatic heterocycles. The van der Waals surface area contributed by atoms with Crippen LogP contribution in [0, 0.1) is 6.92 Å². The second-order valence-electron chi connectivity index (χ2n) is 6.28. The van der Waals surface area contributed by atoms with Crippen molar-refractivity contribution in [1.82, 2.24) is 0 Å². The van der Waals surface area contributed by atoms with Gasteiger partial charge in [0.1, 0.15) is 10.6 Å². The number of ketones is 1. The van der Waals surface area contributed by atoms with E-state index in [4.69, 9.17) is 4.18 Å². The Hall–Kier alpha value is -2.96. The van der Waals surface area contributed by atoms with Gasteiger partial charge in [0, 0.05) is 23.1 Å². The van der Waals surface area contributed by atoms with E-state index in [-0.39, 0.29) is 29.5 Å². The summed E-state index contributed by atoms with van der Waals surface area (Å²) < 4.78 is 30.7. The summed E-state index contributed by atoms with van der Waals surface area (Å²) in [5.74, 6) is -0.214. The maximum atomic E-state index is 12.8. The minimum Gasteiger partial charge on any atom is -0.507 e. The first-order valence-electron chi connectivity index (χ1n) is 8.76. The van der Waals surface area contributed by atoms with Crippen LogP contribution in [0.4, 0.5) is 0 Å². The summed E-state index contributed by atoms with van der Waals surface area (Å²) in [5.41, 5.74) is 1.98. The zero-order valence-corrected chi connectivity index (χ0v) is 16.1. The van der Waals surface area contributed by atoms with Gasteiger partial charge < -0.3 is 5.11 Å². The van der Waals surface area contributed by atoms with Crippen LogP contribution < -0.4 is 0 Å². The molecule has 0 saturated carbocycles. The molecule has 0 radical (unpaired) electrons. The van der Waals surface area contributed by atoms with Crippen LogP contribution >= 0.6 is 0 Å². The third kappa shape index (κ3) is 4.30. The summed E-state index contributed by atoms with van der Waals surface area (Å²) in [6.07, 6.45) is -0.0546. The molecule has 0 heterocycles. The molecule has 0 fully saturated rings. The third-order valence-electron chi connectivity index (χ3n) is 4.34. The van der Waals surface area contributed by atoms with Crippen LogP contribution in [0.25, 0.3) is 11.1 Å². The van der Waals surface area contributed by atoms with Gasteiger partial charge in [-0.25, -0.2) is 0 Å². The molecular formula is C22H20O5S. The van der Waals surface area contributed by atoms with Crippen molar-refractivity contribution < 1.29 is 22.5 Å². The van der Waals surface area contributed by atoms with E-state index < -0.39 is 10.1 Å². The molecule has 0 amide bonds. The predicted molar refractivity (Wildman–Crippen MR) is 107 cm³/mol. The van der Waals surface area contributed by atoms with Crippen LogP contribution in [0.3, 0.4) is 0 Å². The molecule has 3 rings (SSSR count). The molecule has 0 aliphatic rings. The monoisotopic (exact) mass is 396 g/mol. The number of benzene rings is 3. The Balaban J connectivity index is 1.84. The molecule has 1 N–H and O–H groups in total. The summed E-state index contributed by atoms with van der Waals surface area (Å²) in [6.45, 7) is 1.50. The quantitative estimate of drug-likeness (QED) is 0.474. The molecule has 28 heavy (non-hydrogen) atoms. The second kappa shape index (κ2) is 8.37. The highest BCUT2D eigenvalue weighted by Gasteiger charge is 2.23. The van der Waals surface area contributed by atoms with Crippen molar-refractivity contribution in [2.24, 2.45) is 0 Å². The van der Waals surface area contributed by atoms with Crippen LogP contribution in [0.5, 0.6) is 5.75 Å². The van der Waals surface area contributed by atoms with E-state index in [1.807, 2.05) is 0 Å². The molecule has 6 heteroatoms. The maximum Gasteiger partial charge on any atom is 0.297 e. The fourth-order valence-electron chi connectivity index (χ4n) is 2.96. The fourth-order valence-corrected chi connectivity index (χ4v) is 4.15. The van der Waals surface area contributed by atoms with E-state index in [0.717, 1.165) is 0 Å². The van der Waals surface area contributed by atoms with Gasteiger partial charge in [-0.1, -0.05) is 60.7 Å². The zero-order valence-electron chi connectivity index (χ0n) is 15.3. The van der Waals surface area contributed by atoms with Gasteiger partial charge in [-0.2, -0.15) is 8.42 Å². The maximum absolute atomic E-state index is 12.8. The first-order valence-corrected chi connectivity index (χ1v) is 10.2. The van der Waals surface area contributed by atoms with Crippen LogP contribution in [-0.4, -0.2) is 25.9 Å². The van der Waals surface area contributed by atoms with Gasteiger partial charge in [0.05, 0.1) is 6.61 Å². The van der Waals surface area contributed by atoms with E-state index in [9.17, 15) is 18.3 Å². The predicted octanol–water partition coefficient (Wildman–Crippen LogP) is 4.35. The lowest BCUT2D eigenvalue weighted by Gasteiger charge is -2.14. The second-order valence-corrected chi connectivity index (χ2v) is 7.86. The number of phenols is 1. The van der Waals surface area contributed by atoms with Crippen molar-refractivity contribution in [3.8, 4) is 16.9 Å². The summed E-state index contributed by atoms with van der Waals surface area (Å²) in [5, 5.41) is 10.2. The van der Waals surface area contributed by atoms with Gasteiger partial charge in [0.2, 0.25) is 0 Å². The number of rotatable bonds is 7. The lowest BCUT2D eigenvalue weighted by molar-refractivity contribution is 0.0964.